The first-order chi connectivity index (χ1) is 16.5. The van der Waals surface area contributed by atoms with Crippen LogP contribution in [0.1, 0.15) is 41.7 Å². The van der Waals surface area contributed by atoms with Crippen LogP contribution in [0.3, 0.4) is 0 Å². The Balaban J connectivity index is 1.49. The van der Waals surface area contributed by atoms with Gasteiger partial charge in [-0.1, -0.05) is 25.1 Å². The van der Waals surface area contributed by atoms with Gasteiger partial charge in [-0.15, -0.1) is 0 Å². The van der Waals surface area contributed by atoms with Gasteiger partial charge in [0.05, 0.1) is 11.2 Å². The second kappa shape index (κ2) is 9.18. The second-order valence-electron chi connectivity index (χ2n) is 9.03. The van der Waals surface area contributed by atoms with Crippen molar-refractivity contribution in [3.63, 3.8) is 0 Å². The van der Waals surface area contributed by atoms with Crippen LogP contribution in [0, 0.1) is 11.6 Å². The molecule has 8 heteroatoms. The fourth-order valence-corrected chi connectivity index (χ4v) is 4.64. The summed E-state index contributed by atoms with van der Waals surface area (Å²) in [6, 6.07) is 9.36. The van der Waals surface area contributed by atoms with Gasteiger partial charge in [-0.25, -0.2) is 8.78 Å². The van der Waals surface area contributed by atoms with Crippen molar-refractivity contribution in [1.29, 1.82) is 0 Å². The third-order valence-electron chi connectivity index (χ3n) is 6.84. The number of amides is 1. The Hall–Kier alpha value is -3.26. The smallest absolute Gasteiger partial charge is 0.257 e. The van der Waals surface area contributed by atoms with E-state index in [1.807, 2.05) is 9.47 Å². The Bertz CT molecular complexity index is 1290. The van der Waals surface area contributed by atoms with E-state index in [9.17, 15) is 14.0 Å². The van der Waals surface area contributed by atoms with Crippen molar-refractivity contribution in [3.05, 3.63) is 75.6 Å². The molecule has 0 radical (unpaired) electrons. The van der Waals surface area contributed by atoms with E-state index in [0.29, 0.717) is 16.8 Å². The quantitative estimate of drug-likeness (QED) is 0.602. The molecular weight excluding hydrogens is 438 g/mol. The molecule has 5 rings (SSSR count). The number of carbonyl (C=O) groups is 1. The first-order valence-corrected chi connectivity index (χ1v) is 11.8. The minimum absolute atomic E-state index is 0.0382. The summed E-state index contributed by atoms with van der Waals surface area (Å²) < 4.78 is 31.1. The molecule has 0 atom stereocenters. The predicted octanol–water partition coefficient (Wildman–Crippen LogP) is 3.69. The van der Waals surface area contributed by atoms with Gasteiger partial charge in [0.25, 0.3) is 5.91 Å². The highest BCUT2D eigenvalue weighted by molar-refractivity contribution is 5.98. The summed E-state index contributed by atoms with van der Waals surface area (Å²) >= 11 is 0. The molecule has 34 heavy (non-hydrogen) atoms. The van der Waals surface area contributed by atoms with Crippen LogP contribution in [-0.4, -0.2) is 48.1 Å². The first kappa shape index (κ1) is 22.5. The lowest BCUT2D eigenvalue weighted by Gasteiger charge is -2.35. The van der Waals surface area contributed by atoms with Crippen molar-refractivity contribution >= 4 is 22.5 Å². The molecule has 2 fully saturated rings. The van der Waals surface area contributed by atoms with Gasteiger partial charge in [-0.2, -0.15) is 0 Å². The second-order valence-corrected chi connectivity index (χ2v) is 9.03. The van der Waals surface area contributed by atoms with E-state index in [0.717, 1.165) is 45.6 Å². The highest BCUT2D eigenvalue weighted by Gasteiger charge is 2.28. The number of nitrogens with one attached hydrogen (secondary N) is 1. The minimum atomic E-state index is -0.593. The van der Waals surface area contributed by atoms with Crippen molar-refractivity contribution in [2.24, 2.45) is 0 Å². The molecule has 1 saturated carbocycles. The number of nitrogens with zero attached hydrogens (tertiary/aromatic N) is 3. The van der Waals surface area contributed by atoms with Gasteiger partial charge in [0, 0.05) is 55.9 Å². The van der Waals surface area contributed by atoms with Crippen molar-refractivity contribution < 1.29 is 13.6 Å². The maximum atomic E-state index is 15.2. The van der Waals surface area contributed by atoms with E-state index in [4.69, 9.17) is 0 Å². The van der Waals surface area contributed by atoms with E-state index in [2.05, 4.69) is 17.1 Å². The average molecular weight is 467 g/mol. The molecule has 2 heterocycles. The summed E-state index contributed by atoms with van der Waals surface area (Å²) in [5.74, 6) is -1.48. The molecule has 2 aromatic carbocycles. The first-order valence-electron chi connectivity index (χ1n) is 11.8. The largest absolute Gasteiger partial charge is 0.367 e. The molecule has 0 unspecified atom stereocenters. The van der Waals surface area contributed by atoms with Gasteiger partial charge in [-0.3, -0.25) is 9.59 Å². The Morgan fingerprint density at radius 1 is 1.06 bits per heavy atom. The normalized spacial score (nSPS) is 16.7. The van der Waals surface area contributed by atoms with Gasteiger partial charge >= 0.3 is 0 Å². The van der Waals surface area contributed by atoms with Crippen LogP contribution in [0.15, 0.2) is 47.4 Å². The zero-order chi connectivity index (χ0) is 23.8. The SMILES string of the molecule is CCN1CCN(c2cc3c(cc2F)c(=O)c(C(=O)NCc2ccccc2F)cn3C2CC2)CC1. The minimum Gasteiger partial charge on any atom is -0.367 e. The molecule has 3 aromatic rings. The summed E-state index contributed by atoms with van der Waals surface area (Å²) in [7, 11) is 0. The number of rotatable bonds is 6. The van der Waals surface area contributed by atoms with Crippen LogP contribution in [0.5, 0.6) is 0 Å². The molecule has 1 aliphatic carbocycles. The van der Waals surface area contributed by atoms with Crippen molar-refractivity contribution in [2.75, 3.05) is 37.6 Å². The zero-order valence-electron chi connectivity index (χ0n) is 19.2. The molecule has 1 amide bonds. The Labute approximate surface area is 196 Å². The van der Waals surface area contributed by atoms with Crippen LogP contribution >= 0.6 is 0 Å². The Morgan fingerprint density at radius 3 is 2.47 bits per heavy atom. The van der Waals surface area contributed by atoms with Gasteiger partial charge in [0.2, 0.25) is 5.43 Å². The van der Waals surface area contributed by atoms with E-state index in [1.165, 1.54) is 12.1 Å². The number of pyridine rings is 1. The van der Waals surface area contributed by atoms with Crippen LogP contribution in [-0.2, 0) is 6.54 Å². The number of hydrogen-bond donors (Lipinski definition) is 1. The van der Waals surface area contributed by atoms with E-state index < -0.39 is 23.0 Å². The molecule has 1 aromatic heterocycles. The lowest BCUT2D eigenvalue weighted by Crippen LogP contribution is -2.46. The van der Waals surface area contributed by atoms with Gasteiger partial charge in [0.15, 0.2) is 0 Å². The molecule has 0 spiro atoms. The van der Waals surface area contributed by atoms with Gasteiger partial charge in [0.1, 0.15) is 17.2 Å². The summed E-state index contributed by atoms with van der Waals surface area (Å²) in [4.78, 5) is 30.5. The molecule has 0 bridgehead atoms. The van der Waals surface area contributed by atoms with Crippen molar-refractivity contribution in [3.8, 4) is 0 Å². The van der Waals surface area contributed by atoms with E-state index >= 15 is 4.39 Å². The molecule has 1 aliphatic heterocycles. The number of fused-ring (bicyclic) bond motifs is 1. The van der Waals surface area contributed by atoms with Gasteiger partial charge in [-0.05, 0) is 37.6 Å². The number of anilines is 1. The number of likely N-dealkylation sites (N-methyl/N-ethyl adjacent to an activating group) is 1. The maximum Gasteiger partial charge on any atom is 0.257 e. The number of aromatic nitrogens is 1. The van der Waals surface area contributed by atoms with Crippen LogP contribution in [0.4, 0.5) is 14.5 Å². The number of halogens is 2. The summed E-state index contributed by atoms with van der Waals surface area (Å²) in [6.07, 6.45) is 3.46. The molecule has 1 saturated heterocycles. The van der Waals surface area contributed by atoms with Crippen LogP contribution in [0.25, 0.3) is 10.9 Å². The standard InChI is InChI=1S/C26H28F2N4O2/c1-2-30-9-11-31(12-10-30)24-14-23-19(13-22(24)28)25(33)20(16-32(23)18-7-8-18)26(34)29-15-17-5-3-4-6-21(17)27/h3-6,13-14,16,18H,2,7-12,15H2,1H3,(H,29,34). The maximum absolute atomic E-state index is 15.2. The summed E-state index contributed by atoms with van der Waals surface area (Å²) in [5, 5.41) is 2.83. The third-order valence-corrected chi connectivity index (χ3v) is 6.84. The topological polar surface area (TPSA) is 57.6 Å². The highest BCUT2D eigenvalue weighted by Crippen LogP contribution is 2.38. The lowest BCUT2D eigenvalue weighted by atomic mass is 10.1. The van der Waals surface area contributed by atoms with Crippen molar-refractivity contribution in [1.82, 2.24) is 14.8 Å². The molecular formula is C26H28F2N4O2. The van der Waals surface area contributed by atoms with E-state index in [1.54, 1.807) is 30.5 Å². The molecule has 178 valence electrons. The van der Waals surface area contributed by atoms with Crippen LogP contribution < -0.4 is 15.6 Å². The molecule has 1 N–H and O–H groups in total. The number of benzene rings is 2. The molecule has 6 nitrogen and oxygen atoms in total. The van der Waals surface area contributed by atoms with Crippen molar-refractivity contribution in [2.45, 2.75) is 32.4 Å². The zero-order valence-corrected chi connectivity index (χ0v) is 19.2. The summed E-state index contributed by atoms with van der Waals surface area (Å²) in [5.41, 5.74) is 0.901. The van der Waals surface area contributed by atoms with E-state index in [-0.39, 0.29) is 23.5 Å². The van der Waals surface area contributed by atoms with Crippen LogP contribution in [0.2, 0.25) is 0 Å². The molecule has 2 aliphatic rings. The monoisotopic (exact) mass is 466 g/mol. The number of carbonyl (C=O) groups excluding carboxylic acids is 1. The summed E-state index contributed by atoms with van der Waals surface area (Å²) in [6.45, 7) is 6.22. The lowest BCUT2D eigenvalue weighted by molar-refractivity contribution is 0.0949. The van der Waals surface area contributed by atoms with Gasteiger partial charge < -0.3 is 19.7 Å². The predicted molar refractivity (Wildman–Crippen MR) is 128 cm³/mol. The number of hydrogen-bond acceptors (Lipinski definition) is 4. The Kier molecular flexibility index (Phi) is 6.08. The average Bonchev–Trinajstić information content (AvgIpc) is 3.69. The Morgan fingerprint density at radius 2 is 1.79 bits per heavy atom. The fraction of sp³-hybridized carbons (Fsp3) is 0.385. The highest BCUT2D eigenvalue weighted by atomic mass is 19.1. The fourth-order valence-electron chi connectivity index (χ4n) is 4.64. The number of piperazine rings is 1. The third kappa shape index (κ3) is 4.30.